The molecule has 2 N–H and O–H groups in total. The molecule has 0 spiro atoms. The maximum Gasteiger partial charge on any atom is 0.217 e. The molecule has 0 aliphatic carbocycles. The minimum atomic E-state index is -1.17. The van der Waals surface area contributed by atoms with Crippen molar-refractivity contribution in [3.05, 3.63) is 53.1 Å². The van der Waals surface area contributed by atoms with Crippen molar-refractivity contribution >= 4 is 5.90 Å². The van der Waals surface area contributed by atoms with Gasteiger partial charge in [-0.3, -0.25) is 0 Å². The van der Waals surface area contributed by atoms with Crippen LogP contribution in [0.4, 0.5) is 0 Å². The third-order valence-electron chi connectivity index (χ3n) is 4.05. The van der Waals surface area contributed by atoms with Crippen LogP contribution in [0.25, 0.3) is 0 Å². The molecule has 22 heavy (non-hydrogen) atoms. The molecule has 1 atom stereocenters. The number of aliphatic hydroxyl groups is 1. The second-order valence-corrected chi connectivity index (χ2v) is 6.52. The highest BCUT2D eigenvalue weighted by Gasteiger charge is 2.32. The van der Waals surface area contributed by atoms with Crippen LogP contribution in [0.3, 0.4) is 0 Å². The second kappa shape index (κ2) is 4.95. The Morgan fingerprint density at radius 1 is 1.36 bits per heavy atom. The van der Waals surface area contributed by atoms with Crippen molar-refractivity contribution in [2.75, 3.05) is 6.61 Å². The topological polar surface area (TPSA) is 70.5 Å². The van der Waals surface area contributed by atoms with Crippen LogP contribution >= 0.6 is 0 Å². The van der Waals surface area contributed by atoms with Gasteiger partial charge >= 0.3 is 0 Å². The zero-order valence-corrected chi connectivity index (χ0v) is 13.3. The number of aromatic nitrogens is 2. The van der Waals surface area contributed by atoms with E-state index in [9.17, 15) is 5.11 Å². The van der Waals surface area contributed by atoms with Crippen LogP contribution in [-0.4, -0.2) is 33.1 Å². The third kappa shape index (κ3) is 2.41. The van der Waals surface area contributed by atoms with Crippen molar-refractivity contribution in [2.45, 2.75) is 38.8 Å². The van der Waals surface area contributed by atoms with Crippen LogP contribution in [0.2, 0.25) is 0 Å². The molecule has 2 aromatic rings. The molecule has 1 aromatic carbocycles. The minimum absolute atomic E-state index is 0.206. The summed E-state index contributed by atoms with van der Waals surface area (Å²) in [6.45, 7) is 8.37. The Bertz CT molecular complexity index is 716. The summed E-state index contributed by atoms with van der Waals surface area (Å²) < 4.78 is 5.74. The fraction of sp³-hybridized carbons (Fsp3) is 0.412. The van der Waals surface area contributed by atoms with E-state index in [0.717, 1.165) is 16.7 Å². The quantitative estimate of drug-likeness (QED) is 0.915. The van der Waals surface area contributed by atoms with E-state index < -0.39 is 5.60 Å². The number of hydrogen-bond donors (Lipinski definition) is 2. The molecule has 0 saturated heterocycles. The number of imidazole rings is 1. The van der Waals surface area contributed by atoms with Gasteiger partial charge in [-0.2, -0.15) is 0 Å². The molecule has 0 saturated carbocycles. The molecule has 0 fully saturated rings. The number of benzene rings is 1. The lowest BCUT2D eigenvalue weighted by molar-refractivity contribution is 0.0971. The van der Waals surface area contributed by atoms with Crippen LogP contribution in [0, 0.1) is 6.92 Å². The molecule has 1 aliphatic heterocycles. The zero-order valence-electron chi connectivity index (χ0n) is 13.3. The molecule has 1 aliphatic rings. The van der Waals surface area contributed by atoms with E-state index in [1.807, 2.05) is 39.0 Å². The van der Waals surface area contributed by atoms with E-state index in [-0.39, 0.29) is 5.54 Å². The zero-order chi connectivity index (χ0) is 16.0. The fourth-order valence-electron chi connectivity index (χ4n) is 2.78. The second-order valence-electron chi connectivity index (χ2n) is 6.52. The third-order valence-corrected chi connectivity index (χ3v) is 4.05. The Hall–Kier alpha value is -2.14. The van der Waals surface area contributed by atoms with Gasteiger partial charge in [-0.25, -0.2) is 9.98 Å². The highest BCUT2D eigenvalue weighted by Crippen LogP contribution is 2.32. The molecule has 1 unspecified atom stereocenters. The lowest BCUT2D eigenvalue weighted by atomic mass is 9.87. The average Bonchev–Trinajstić information content (AvgIpc) is 3.08. The molecule has 2 heterocycles. The summed E-state index contributed by atoms with van der Waals surface area (Å²) in [4.78, 5) is 11.7. The lowest BCUT2D eigenvalue weighted by Crippen LogP contribution is -2.25. The standard InChI is InChI=1S/C17H21N3O2/c1-11-12(15-20-16(2,3)9-22-15)6-5-7-13(11)17(4,21)14-8-18-10-19-14/h5-8,10,21H,9H2,1-4H3,(H,18,19). The van der Waals surface area contributed by atoms with Crippen LogP contribution in [-0.2, 0) is 10.3 Å². The van der Waals surface area contributed by atoms with Gasteiger partial charge in [0.15, 0.2) is 0 Å². The van der Waals surface area contributed by atoms with Gasteiger partial charge < -0.3 is 14.8 Å². The highest BCUT2D eigenvalue weighted by atomic mass is 16.5. The van der Waals surface area contributed by atoms with E-state index in [0.29, 0.717) is 18.2 Å². The SMILES string of the molecule is Cc1c(C2=NC(C)(C)CO2)cccc1C(C)(O)c1c[nH]cn1. The molecule has 0 amide bonds. The summed E-state index contributed by atoms with van der Waals surface area (Å²) in [5, 5.41) is 10.9. The summed E-state index contributed by atoms with van der Waals surface area (Å²) in [5.41, 5.74) is 1.87. The number of aliphatic imine (C=N–C) groups is 1. The number of hydrogen-bond acceptors (Lipinski definition) is 4. The van der Waals surface area contributed by atoms with Crippen molar-refractivity contribution in [2.24, 2.45) is 4.99 Å². The summed E-state index contributed by atoms with van der Waals surface area (Å²) in [6.07, 6.45) is 3.27. The monoisotopic (exact) mass is 299 g/mol. The van der Waals surface area contributed by atoms with Gasteiger partial charge in [0, 0.05) is 11.8 Å². The van der Waals surface area contributed by atoms with Crippen LogP contribution < -0.4 is 0 Å². The largest absolute Gasteiger partial charge is 0.475 e. The van der Waals surface area contributed by atoms with Gasteiger partial charge in [0.2, 0.25) is 5.90 Å². The van der Waals surface area contributed by atoms with Crippen LogP contribution in [0.15, 0.2) is 35.7 Å². The number of aromatic amines is 1. The van der Waals surface area contributed by atoms with Crippen molar-refractivity contribution in [1.82, 2.24) is 9.97 Å². The Morgan fingerprint density at radius 3 is 2.73 bits per heavy atom. The Labute approximate surface area is 130 Å². The van der Waals surface area contributed by atoms with Crippen molar-refractivity contribution in [3.8, 4) is 0 Å². The minimum Gasteiger partial charge on any atom is -0.475 e. The first-order valence-electron chi connectivity index (χ1n) is 7.36. The van der Waals surface area contributed by atoms with Crippen molar-refractivity contribution < 1.29 is 9.84 Å². The van der Waals surface area contributed by atoms with Gasteiger partial charge in [-0.1, -0.05) is 12.1 Å². The van der Waals surface area contributed by atoms with Gasteiger partial charge in [0.1, 0.15) is 12.2 Å². The van der Waals surface area contributed by atoms with E-state index in [1.165, 1.54) is 0 Å². The summed E-state index contributed by atoms with van der Waals surface area (Å²) in [6, 6.07) is 5.80. The van der Waals surface area contributed by atoms with Gasteiger partial charge in [0.05, 0.1) is 17.6 Å². The summed E-state index contributed by atoms with van der Waals surface area (Å²) in [5.74, 6) is 0.641. The predicted molar refractivity (Wildman–Crippen MR) is 85.0 cm³/mol. The molecular weight excluding hydrogens is 278 g/mol. The molecule has 0 radical (unpaired) electrons. The smallest absolute Gasteiger partial charge is 0.217 e. The Morgan fingerprint density at radius 2 is 2.14 bits per heavy atom. The molecule has 5 heteroatoms. The maximum atomic E-state index is 10.9. The molecule has 5 nitrogen and oxygen atoms in total. The lowest BCUT2D eigenvalue weighted by Gasteiger charge is -2.25. The first-order valence-corrected chi connectivity index (χ1v) is 7.36. The molecule has 116 valence electrons. The number of ether oxygens (including phenoxy) is 1. The molecular formula is C17H21N3O2. The first kappa shape index (κ1) is 14.8. The summed E-state index contributed by atoms with van der Waals surface area (Å²) >= 11 is 0. The van der Waals surface area contributed by atoms with Gasteiger partial charge in [0.25, 0.3) is 0 Å². The number of nitrogens with one attached hydrogen (secondary N) is 1. The summed E-state index contributed by atoms with van der Waals surface area (Å²) in [7, 11) is 0. The van der Waals surface area contributed by atoms with Crippen LogP contribution in [0.1, 0.15) is 43.2 Å². The Kier molecular flexibility index (Phi) is 3.33. The number of H-pyrrole nitrogens is 1. The fourth-order valence-corrected chi connectivity index (χ4v) is 2.78. The van der Waals surface area contributed by atoms with Crippen molar-refractivity contribution in [3.63, 3.8) is 0 Å². The van der Waals surface area contributed by atoms with Gasteiger partial charge in [-0.05, 0) is 44.9 Å². The normalized spacial score (nSPS) is 19.4. The Balaban J connectivity index is 2.07. The van der Waals surface area contributed by atoms with Gasteiger partial charge in [-0.15, -0.1) is 0 Å². The number of nitrogens with zero attached hydrogens (tertiary/aromatic N) is 2. The van der Waals surface area contributed by atoms with Crippen molar-refractivity contribution in [1.29, 1.82) is 0 Å². The molecule has 1 aromatic heterocycles. The van der Waals surface area contributed by atoms with E-state index in [1.54, 1.807) is 19.4 Å². The highest BCUT2D eigenvalue weighted by molar-refractivity contribution is 5.97. The first-order chi connectivity index (χ1) is 10.3. The van der Waals surface area contributed by atoms with E-state index in [2.05, 4.69) is 15.0 Å². The average molecular weight is 299 g/mol. The maximum absolute atomic E-state index is 10.9. The van der Waals surface area contributed by atoms with E-state index in [4.69, 9.17) is 4.74 Å². The van der Waals surface area contributed by atoms with E-state index >= 15 is 0 Å². The number of rotatable bonds is 3. The van der Waals surface area contributed by atoms with Crippen LogP contribution in [0.5, 0.6) is 0 Å². The molecule has 0 bridgehead atoms. The molecule has 3 rings (SSSR count). The predicted octanol–water partition coefficient (Wildman–Crippen LogP) is 2.53.